The first-order chi connectivity index (χ1) is 19.2. The van der Waals surface area contributed by atoms with Crippen LogP contribution < -0.4 is 0 Å². The van der Waals surface area contributed by atoms with Crippen molar-refractivity contribution in [3.05, 3.63) is 29.8 Å². The lowest BCUT2D eigenvalue weighted by molar-refractivity contribution is -0.337. The third-order valence-corrected chi connectivity index (χ3v) is 9.41. The molecule has 230 valence electrons. The van der Waals surface area contributed by atoms with Crippen molar-refractivity contribution in [1.82, 2.24) is 0 Å². The lowest BCUT2D eigenvalue weighted by Crippen LogP contribution is -2.61. The summed E-state index contributed by atoms with van der Waals surface area (Å²) in [7, 11) is 0. The molecule has 3 aliphatic rings. The van der Waals surface area contributed by atoms with Crippen LogP contribution in [0.4, 0.5) is 0 Å². The van der Waals surface area contributed by atoms with E-state index in [-0.39, 0.29) is 41.4 Å². The first-order valence-electron chi connectivity index (χ1n) is 15.1. The normalized spacial score (nSPS) is 37.4. The second-order valence-electron chi connectivity index (χ2n) is 13.4. The zero-order chi connectivity index (χ0) is 30.1. The molecule has 0 radical (unpaired) electrons. The Morgan fingerprint density at radius 3 is 2.49 bits per heavy atom. The monoisotopic (exact) mass is 576 g/mol. The third kappa shape index (κ3) is 7.42. The van der Waals surface area contributed by atoms with Gasteiger partial charge in [-0.05, 0) is 61.6 Å². The molecular weight excluding hydrogens is 528 g/mol. The van der Waals surface area contributed by atoms with Crippen LogP contribution in [-0.4, -0.2) is 69.7 Å². The minimum atomic E-state index is -1.77. The van der Waals surface area contributed by atoms with Gasteiger partial charge >= 0.3 is 11.9 Å². The van der Waals surface area contributed by atoms with E-state index in [1.54, 1.807) is 12.1 Å². The van der Waals surface area contributed by atoms with Crippen LogP contribution in [0.25, 0.3) is 0 Å². The van der Waals surface area contributed by atoms with E-state index in [0.29, 0.717) is 12.8 Å². The molecule has 4 bridgehead atoms. The Morgan fingerprint density at radius 2 is 1.80 bits per heavy atom. The molecule has 10 atom stereocenters. The Labute approximate surface area is 243 Å². The van der Waals surface area contributed by atoms with Gasteiger partial charge in [0.2, 0.25) is 0 Å². The van der Waals surface area contributed by atoms with Crippen LogP contribution >= 0.6 is 0 Å². The molecule has 2 unspecified atom stereocenters. The van der Waals surface area contributed by atoms with Crippen LogP contribution in [0.2, 0.25) is 0 Å². The maximum atomic E-state index is 13.1. The van der Waals surface area contributed by atoms with Gasteiger partial charge in [0, 0.05) is 18.3 Å². The molecule has 9 nitrogen and oxygen atoms in total. The van der Waals surface area contributed by atoms with E-state index in [2.05, 4.69) is 20.8 Å². The standard InChI is InChI=1S/C32H48O9/c1-18(9-7-10-22-11-8-12-23(34)13-22)29-20(3)24-14-26(40-29)30-31(5,6)16-19(2)32(37,41-30)17-28(36)39-25(21(4)33)15-27(35)38-24/h8,11-13,18-21,24-26,29-30,33-34,37H,7,9-10,14-17H2,1-6H3/t18-,19+,20-,21+,24-,25+,26?,29+,30?,32-/m0/s1. The molecule has 3 aliphatic heterocycles. The number of benzene rings is 1. The number of carbonyl (C=O) groups is 2. The van der Waals surface area contributed by atoms with Crippen molar-refractivity contribution in [2.24, 2.45) is 23.2 Å². The van der Waals surface area contributed by atoms with Crippen molar-refractivity contribution >= 4 is 11.9 Å². The van der Waals surface area contributed by atoms with E-state index in [9.17, 15) is 24.9 Å². The SMILES string of the molecule is C[C@@H]1[C@@H]([C@@H](C)CCCc2cccc(O)c2)OC2C[C@@H]1OC(=O)C[C@H]([C@@H](C)O)OC(=O)C[C@]1(O)OC2C(C)(C)C[C@H]1C. The molecule has 0 spiro atoms. The number of aliphatic hydroxyl groups excluding tert-OH is 1. The third-order valence-electron chi connectivity index (χ3n) is 9.41. The van der Waals surface area contributed by atoms with Crippen LogP contribution in [0.1, 0.15) is 85.6 Å². The number of phenols is 1. The quantitative estimate of drug-likeness (QED) is 0.425. The number of esters is 2. The second kappa shape index (κ2) is 12.6. The van der Waals surface area contributed by atoms with Crippen LogP contribution in [0, 0.1) is 23.2 Å². The second-order valence-corrected chi connectivity index (χ2v) is 13.4. The highest BCUT2D eigenvalue weighted by Gasteiger charge is 2.56. The van der Waals surface area contributed by atoms with Gasteiger partial charge in [0.15, 0.2) is 5.79 Å². The maximum absolute atomic E-state index is 13.1. The van der Waals surface area contributed by atoms with Crippen molar-refractivity contribution in [2.75, 3.05) is 0 Å². The average molecular weight is 577 g/mol. The van der Waals surface area contributed by atoms with Crippen LogP contribution in [0.5, 0.6) is 5.75 Å². The summed E-state index contributed by atoms with van der Waals surface area (Å²) in [5, 5.41) is 31.7. The predicted molar refractivity (Wildman–Crippen MR) is 151 cm³/mol. The number of hydrogen-bond acceptors (Lipinski definition) is 9. The Hall–Kier alpha value is -2.20. The fourth-order valence-electron chi connectivity index (χ4n) is 7.01. The van der Waals surface area contributed by atoms with E-state index < -0.39 is 54.7 Å². The van der Waals surface area contributed by atoms with Gasteiger partial charge in [-0.15, -0.1) is 0 Å². The number of carbonyl (C=O) groups excluding carboxylic acids is 2. The summed E-state index contributed by atoms with van der Waals surface area (Å²) in [6.45, 7) is 11.6. The number of rotatable bonds is 6. The minimum Gasteiger partial charge on any atom is -0.508 e. The number of aromatic hydroxyl groups is 1. The zero-order valence-electron chi connectivity index (χ0n) is 25.2. The highest BCUT2D eigenvalue weighted by atomic mass is 16.7. The smallest absolute Gasteiger partial charge is 0.311 e. The van der Waals surface area contributed by atoms with Crippen LogP contribution in [0.15, 0.2) is 24.3 Å². The summed E-state index contributed by atoms with van der Waals surface area (Å²) in [6, 6.07) is 7.29. The van der Waals surface area contributed by atoms with Crippen molar-refractivity contribution in [2.45, 2.75) is 129 Å². The molecule has 0 amide bonds. The number of ether oxygens (including phenoxy) is 4. The van der Waals surface area contributed by atoms with Gasteiger partial charge in [-0.1, -0.05) is 46.8 Å². The number of hydrogen-bond donors (Lipinski definition) is 3. The number of aryl methyl sites for hydroxylation is 1. The van der Waals surface area contributed by atoms with Crippen molar-refractivity contribution < 1.29 is 43.9 Å². The fourth-order valence-corrected chi connectivity index (χ4v) is 7.01. The fraction of sp³-hybridized carbons (Fsp3) is 0.750. The van der Waals surface area contributed by atoms with E-state index in [4.69, 9.17) is 18.9 Å². The van der Waals surface area contributed by atoms with Gasteiger partial charge < -0.3 is 34.3 Å². The van der Waals surface area contributed by atoms with Gasteiger partial charge in [-0.2, -0.15) is 0 Å². The molecule has 3 N–H and O–H groups in total. The number of cyclic esters (lactones) is 1. The van der Waals surface area contributed by atoms with Crippen molar-refractivity contribution in [3.63, 3.8) is 0 Å². The summed E-state index contributed by atoms with van der Waals surface area (Å²) < 4.78 is 24.7. The van der Waals surface area contributed by atoms with E-state index in [0.717, 1.165) is 24.8 Å². The van der Waals surface area contributed by atoms with Crippen molar-refractivity contribution in [1.29, 1.82) is 0 Å². The number of phenolic OH excluding ortho intramolecular Hbond substituents is 1. The highest BCUT2D eigenvalue weighted by Crippen LogP contribution is 2.49. The maximum Gasteiger partial charge on any atom is 0.311 e. The molecule has 0 aromatic heterocycles. The van der Waals surface area contributed by atoms with E-state index in [1.807, 2.05) is 26.0 Å². The largest absolute Gasteiger partial charge is 0.508 e. The lowest BCUT2D eigenvalue weighted by atomic mass is 9.69. The molecule has 0 saturated carbocycles. The molecule has 1 aromatic rings. The Kier molecular flexibility index (Phi) is 9.73. The molecule has 4 rings (SSSR count). The van der Waals surface area contributed by atoms with E-state index in [1.165, 1.54) is 6.92 Å². The van der Waals surface area contributed by atoms with Gasteiger partial charge in [0.1, 0.15) is 18.0 Å². The highest BCUT2D eigenvalue weighted by molar-refractivity contribution is 5.73. The van der Waals surface area contributed by atoms with Crippen molar-refractivity contribution in [3.8, 4) is 5.75 Å². The summed E-state index contributed by atoms with van der Waals surface area (Å²) >= 11 is 0. The summed E-state index contributed by atoms with van der Waals surface area (Å²) in [5.41, 5.74) is 0.682. The molecular formula is C32H48O9. The topological polar surface area (TPSA) is 132 Å². The Morgan fingerprint density at radius 1 is 1.07 bits per heavy atom. The summed E-state index contributed by atoms with van der Waals surface area (Å²) in [6.07, 6.45) is -1.07. The number of aliphatic hydroxyl groups is 2. The predicted octanol–water partition coefficient (Wildman–Crippen LogP) is 4.28. The average Bonchev–Trinajstić information content (AvgIpc) is 2.87. The lowest BCUT2D eigenvalue weighted by Gasteiger charge is -2.54. The summed E-state index contributed by atoms with van der Waals surface area (Å²) in [5.74, 6) is -3.17. The van der Waals surface area contributed by atoms with Gasteiger partial charge in [-0.25, -0.2) is 0 Å². The van der Waals surface area contributed by atoms with Gasteiger partial charge in [0.05, 0.1) is 37.3 Å². The summed E-state index contributed by atoms with van der Waals surface area (Å²) in [4.78, 5) is 26.0. The zero-order valence-corrected chi connectivity index (χ0v) is 25.2. The number of fused-ring (bicyclic) bond motifs is 5. The van der Waals surface area contributed by atoms with Gasteiger partial charge in [-0.3, -0.25) is 9.59 Å². The molecule has 9 heteroatoms. The first kappa shape index (κ1) is 31.7. The first-order valence-corrected chi connectivity index (χ1v) is 15.1. The van der Waals surface area contributed by atoms with Crippen LogP contribution in [-0.2, 0) is 35.0 Å². The molecule has 1 aromatic carbocycles. The minimum absolute atomic E-state index is 0.117. The molecule has 41 heavy (non-hydrogen) atoms. The molecule has 3 fully saturated rings. The van der Waals surface area contributed by atoms with Crippen LogP contribution in [0.3, 0.4) is 0 Å². The molecule has 3 saturated heterocycles. The molecule has 0 aliphatic carbocycles. The Balaban J connectivity index is 1.60. The Bertz CT molecular complexity index is 1070. The van der Waals surface area contributed by atoms with Gasteiger partial charge in [0.25, 0.3) is 0 Å². The molecule has 3 heterocycles. The van der Waals surface area contributed by atoms with E-state index >= 15 is 0 Å².